The number of nitrogens with zero attached hydrogens (tertiary/aromatic N) is 3. The van der Waals surface area contributed by atoms with E-state index in [2.05, 4.69) is 15.6 Å². The summed E-state index contributed by atoms with van der Waals surface area (Å²) in [5, 5.41) is 30.2. The van der Waals surface area contributed by atoms with E-state index in [1.807, 2.05) is 32.0 Å². The molecule has 0 aromatic heterocycles. The highest BCUT2D eigenvalue weighted by Gasteiger charge is 2.12. The topological polar surface area (TPSA) is 115 Å². The van der Waals surface area contributed by atoms with Crippen LogP contribution in [0.25, 0.3) is 11.1 Å². The Kier molecular flexibility index (Phi) is 7.43. The second-order valence-electron chi connectivity index (χ2n) is 7.79. The molecule has 0 amide bonds. The molecule has 0 bridgehead atoms. The maximum absolute atomic E-state index is 11.7. The highest BCUT2D eigenvalue weighted by molar-refractivity contribution is 6.61. The molecular formula is C26H26N4O4. The third kappa shape index (κ3) is 5.47. The van der Waals surface area contributed by atoms with E-state index < -0.39 is 5.97 Å². The number of carboxylic acids is 1. The number of hydrazone groups is 2. The molecule has 8 heteroatoms. The maximum Gasteiger partial charge on any atom is 0.335 e. The Morgan fingerprint density at radius 2 is 1.76 bits per heavy atom. The van der Waals surface area contributed by atoms with Gasteiger partial charge in [-0.05, 0) is 67.8 Å². The first-order valence-electron chi connectivity index (χ1n) is 10.5. The Morgan fingerprint density at radius 1 is 1.03 bits per heavy atom. The molecule has 0 heterocycles. The van der Waals surface area contributed by atoms with Crippen molar-refractivity contribution >= 4 is 35.1 Å². The third-order valence-electron chi connectivity index (χ3n) is 5.40. The van der Waals surface area contributed by atoms with Crippen LogP contribution in [0.1, 0.15) is 28.4 Å². The molecule has 0 fully saturated rings. The van der Waals surface area contributed by atoms with Crippen LogP contribution in [-0.4, -0.2) is 40.9 Å². The van der Waals surface area contributed by atoms with E-state index in [9.17, 15) is 19.8 Å². The Morgan fingerprint density at radius 3 is 2.44 bits per heavy atom. The molecule has 3 aromatic rings. The van der Waals surface area contributed by atoms with Gasteiger partial charge in [0.25, 0.3) is 0 Å². The molecule has 0 radical (unpaired) electrons. The number of phenolic OH excluding ortho intramolecular Hbond substituents is 1. The first-order chi connectivity index (χ1) is 16.2. The SMILES string of the molecule is CC(=N/N(C)c1ccc(C)c(C)c1)/C(C=O)=N/Nc1cccc(-c2cccc(C(=O)O)c2)c1O. The normalized spacial score (nSPS) is 11.8. The van der Waals surface area contributed by atoms with Crippen molar-refractivity contribution in [2.24, 2.45) is 10.2 Å². The lowest BCUT2D eigenvalue weighted by molar-refractivity contribution is -0.102. The zero-order valence-electron chi connectivity index (χ0n) is 19.4. The van der Waals surface area contributed by atoms with E-state index in [1.165, 1.54) is 17.7 Å². The van der Waals surface area contributed by atoms with Crippen molar-refractivity contribution in [3.8, 4) is 16.9 Å². The van der Waals surface area contributed by atoms with Crippen molar-refractivity contribution in [2.45, 2.75) is 20.8 Å². The number of rotatable bonds is 8. The number of carboxylic acid groups (broad SMARTS) is 1. The number of benzene rings is 3. The van der Waals surface area contributed by atoms with Crippen LogP contribution in [0.15, 0.2) is 70.9 Å². The van der Waals surface area contributed by atoms with Gasteiger partial charge in [-0.25, -0.2) is 4.79 Å². The Hall–Kier alpha value is -4.46. The number of nitrogens with one attached hydrogen (secondary N) is 1. The average molecular weight is 459 g/mol. The van der Waals surface area contributed by atoms with Gasteiger partial charge >= 0.3 is 5.97 Å². The fourth-order valence-electron chi connectivity index (χ4n) is 3.26. The summed E-state index contributed by atoms with van der Waals surface area (Å²) in [4.78, 5) is 22.9. The highest BCUT2D eigenvalue weighted by Crippen LogP contribution is 2.35. The van der Waals surface area contributed by atoms with Crippen molar-refractivity contribution in [3.05, 3.63) is 77.4 Å². The van der Waals surface area contributed by atoms with Gasteiger partial charge in [0, 0.05) is 12.6 Å². The Bertz CT molecular complexity index is 1300. The van der Waals surface area contributed by atoms with Crippen molar-refractivity contribution in [1.29, 1.82) is 0 Å². The summed E-state index contributed by atoms with van der Waals surface area (Å²) in [6.07, 6.45) is 0.581. The number of aromatic carboxylic acids is 1. The van der Waals surface area contributed by atoms with Crippen LogP contribution in [0.2, 0.25) is 0 Å². The fourth-order valence-corrected chi connectivity index (χ4v) is 3.26. The Balaban J connectivity index is 1.85. The van der Waals surface area contributed by atoms with Gasteiger partial charge in [-0.1, -0.05) is 30.3 Å². The van der Waals surface area contributed by atoms with Crippen LogP contribution in [0.3, 0.4) is 0 Å². The van der Waals surface area contributed by atoms with Crippen LogP contribution in [-0.2, 0) is 4.79 Å². The van der Waals surface area contributed by atoms with Crippen LogP contribution in [0.5, 0.6) is 5.75 Å². The lowest BCUT2D eigenvalue weighted by Gasteiger charge is -2.16. The molecule has 34 heavy (non-hydrogen) atoms. The molecular weight excluding hydrogens is 432 g/mol. The Labute approximate surface area is 197 Å². The molecule has 0 atom stereocenters. The van der Waals surface area contributed by atoms with E-state index in [4.69, 9.17) is 0 Å². The largest absolute Gasteiger partial charge is 0.505 e. The molecule has 3 rings (SSSR count). The smallest absolute Gasteiger partial charge is 0.335 e. The van der Waals surface area contributed by atoms with Gasteiger partial charge in [-0.3, -0.25) is 15.2 Å². The summed E-state index contributed by atoms with van der Waals surface area (Å²) < 4.78 is 0. The number of carbonyl (C=O) groups is 2. The molecule has 3 N–H and O–H groups in total. The first kappa shape index (κ1) is 24.2. The summed E-state index contributed by atoms with van der Waals surface area (Å²) >= 11 is 0. The van der Waals surface area contributed by atoms with Crippen molar-refractivity contribution in [3.63, 3.8) is 0 Å². The monoisotopic (exact) mass is 458 g/mol. The molecule has 174 valence electrons. The summed E-state index contributed by atoms with van der Waals surface area (Å²) in [5.74, 6) is -1.18. The molecule has 0 spiro atoms. The lowest BCUT2D eigenvalue weighted by atomic mass is 10.0. The molecule has 0 unspecified atom stereocenters. The summed E-state index contributed by atoms with van der Waals surface area (Å²) in [6, 6.07) is 17.2. The maximum atomic E-state index is 11.7. The average Bonchev–Trinajstić information content (AvgIpc) is 2.82. The number of anilines is 2. The number of para-hydroxylation sites is 1. The van der Waals surface area contributed by atoms with E-state index >= 15 is 0 Å². The van der Waals surface area contributed by atoms with Gasteiger partial charge in [0.05, 0.1) is 22.6 Å². The molecule has 0 aliphatic heterocycles. The first-order valence-corrected chi connectivity index (χ1v) is 10.5. The fraction of sp³-hybridized carbons (Fsp3) is 0.154. The quantitative estimate of drug-likeness (QED) is 0.192. The highest BCUT2D eigenvalue weighted by atomic mass is 16.4. The van der Waals surface area contributed by atoms with Gasteiger partial charge in [0.2, 0.25) is 0 Å². The van der Waals surface area contributed by atoms with Crippen LogP contribution >= 0.6 is 0 Å². The van der Waals surface area contributed by atoms with Crippen molar-refractivity contribution in [1.82, 2.24) is 0 Å². The molecule has 0 aliphatic carbocycles. The van der Waals surface area contributed by atoms with E-state index in [-0.39, 0.29) is 22.7 Å². The number of hydrogen-bond acceptors (Lipinski definition) is 7. The predicted octanol–water partition coefficient (Wildman–Crippen LogP) is 4.85. The standard InChI is InChI=1S/C26H26N4O4/c1-16-11-12-21(13-17(16)2)30(4)29-18(3)24(15-31)28-27-23-10-6-9-22(25(23)32)19-7-5-8-20(14-19)26(33)34/h5-15,27,32H,1-4H3,(H,33,34)/b28-24+,29-18-. The zero-order chi connectivity index (χ0) is 24.8. The number of aldehydes is 1. The minimum Gasteiger partial charge on any atom is -0.505 e. The summed E-state index contributed by atoms with van der Waals surface area (Å²) in [7, 11) is 1.78. The number of aryl methyl sites for hydroxylation is 2. The molecule has 0 aliphatic rings. The predicted molar refractivity (Wildman–Crippen MR) is 135 cm³/mol. The van der Waals surface area contributed by atoms with E-state index in [0.29, 0.717) is 23.1 Å². The third-order valence-corrected chi connectivity index (χ3v) is 5.40. The zero-order valence-corrected chi connectivity index (χ0v) is 19.4. The minimum atomic E-state index is -1.06. The molecule has 0 saturated heterocycles. The number of carbonyl (C=O) groups excluding carboxylic acids is 1. The molecule has 0 saturated carbocycles. The molecule has 3 aromatic carbocycles. The van der Waals surface area contributed by atoms with Gasteiger partial charge in [-0.15, -0.1) is 0 Å². The second-order valence-corrected chi connectivity index (χ2v) is 7.79. The van der Waals surface area contributed by atoms with Crippen LogP contribution in [0, 0.1) is 13.8 Å². The number of phenols is 1. The number of hydrogen-bond donors (Lipinski definition) is 3. The number of aromatic hydroxyl groups is 1. The van der Waals surface area contributed by atoms with Crippen molar-refractivity contribution in [2.75, 3.05) is 17.5 Å². The molecule has 8 nitrogen and oxygen atoms in total. The van der Waals surface area contributed by atoms with Crippen molar-refractivity contribution < 1.29 is 19.8 Å². The summed E-state index contributed by atoms with van der Waals surface area (Å²) in [5.41, 5.74) is 7.66. The van der Waals surface area contributed by atoms with Crippen LogP contribution in [0.4, 0.5) is 11.4 Å². The second kappa shape index (κ2) is 10.4. The van der Waals surface area contributed by atoms with Gasteiger partial charge < -0.3 is 10.2 Å². The van der Waals surface area contributed by atoms with Crippen LogP contribution < -0.4 is 10.4 Å². The van der Waals surface area contributed by atoms with E-state index in [1.54, 1.807) is 49.3 Å². The van der Waals surface area contributed by atoms with Gasteiger partial charge in [0.1, 0.15) is 11.5 Å². The van der Waals surface area contributed by atoms with E-state index in [0.717, 1.165) is 11.3 Å². The lowest BCUT2D eigenvalue weighted by Crippen LogP contribution is -2.20. The minimum absolute atomic E-state index is 0.0633. The van der Waals surface area contributed by atoms with Gasteiger partial charge in [-0.2, -0.15) is 10.2 Å². The summed E-state index contributed by atoms with van der Waals surface area (Å²) in [6.45, 7) is 5.72. The van der Waals surface area contributed by atoms with Gasteiger partial charge in [0.15, 0.2) is 6.29 Å².